The van der Waals surface area contributed by atoms with Gasteiger partial charge in [-0.2, -0.15) is 4.98 Å². The molecule has 1 atom stereocenters. The molecule has 0 saturated heterocycles. The van der Waals surface area contributed by atoms with E-state index in [1.165, 1.54) is 0 Å². The van der Waals surface area contributed by atoms with Crippen LogP contribution >= 0.6 is 11.8 Å². The first-order chi connectivity index (χ1) is 8.79. The number of aromatic nitrogens is 2. The highest BCUT2D eigenvalue weighted by Gasteiger charge is 2.15. The van der Waals surface area contributed by atoms with Gasteiger partial charge < -0.3 is 15.4 Å². The van der Waals surface area contributed by atoms with Crippen LogP contribution in [0.1, 0.15) is 24.2 Å². The zero-order valence-electron chi connectivity index (χ0n) is 9.82. The first-order valence-corrected chi connectivity index (χ1v) is 6.66. The molecule has 0 unspecified atom stereocenters. The van der Waals surface area contributed by atoms with Gasteiger partial charge in [0, 0.05) is 4.90 Å². The maximum atomic E-state index is 9.64. The average Bonchev–Trinajstić information content (AvgIpc) is 2.87. The molecule has 0 bridgehead atoms. The quantitative estimate of drug-likeness (QED) is 0.774. The Kier molecular flexibility index (Phi) is 4.74. The Morgan fingerprint density at radius 3 is 2.83 bits per heavy atom. The van der Waals surface area contributed by atoms with Crippen molar-refractivity contribution in [1.29, 1.82) is 0 Å². The van der Waals surface area contributed by atoms with Gasteiger partial charge in [-0.15, -0.1) is 11.8 Å². The second kappa shape index (κ2) is 6.53. The summed E-state index contributed by atoms with van der Waals surface area (Å²) in [6, 6.07) is 9.98. The summed E-state index contributed by atoms with van der Waals surface area (Å²) in [5.41, 5.74) is 5.35. The second-order valence-electron chi connectivity index (χ2n) is 3.74. The van der Waals surface area contributed by atoms with Crippen molar-refractivity contribution in [1.82, 2.24) is 10.1 Å². The van der Waals surface area contributed by atoms with E-state index in [0.717, 1.165) is 4.90 Å². The van der Waals surface area contributed by atoms with Crippen LogP contribution < -0.4 is 5.73 Å². The van der Waals surface area contributed by atoms with Crippen LogP contribution in [0.15, 0.2) is 39.8 Å². The number of nitrogens with zero attached hydrogens (tertiary/aromatic N) is 2. The fraction of sp³-hybridized carbons (Fsp3) is 0.333. The standard InChI is InChI=1S/C12H15N3O2S/c13-7-6-10(16)12-14-11(15-17-12)8-18-9-4-2-1-3-5-9/h1-5,10,16H,6-8,13H2/t10-/m0/s1. The zero-order chi connectivity index (χ0) is 12.8. The molecule has 1 aromatic carbocycles. The molecule has 3 N–H and O–H groups in total. The summed E-state index contributed by atoms with van der Waals surface area (Å²) in [7, 11) is 0. The van der Waals surface area contributed by atoms with Crippen molar-refractivity contribution in [3.63, 3.8) is 0 Å². The molecule has 0 aliphatic carbocycles. The third kappa shape index (κ3) is 3.56. The maximum Gasteiger partial charge on any atom is 0.255 e. The SMILES string of the molecule is NCC[C@H](O)c1nc(CSc2ccccc2)no1. The van der Waals surface area contributed by atoms with Crippen molar-refractivity contribution in [3.8, 4) is 0 Å². The minimum absolute atomic E-state index is 0.240. The fourth-order valence-electron chi connectivity index (χ4n) is 1.41. The summed E-state index contributed by atoms with van der Waals surface area (Å²) in [6.45, 7) is 0.387. The summed E-state index contributed by atoms with van der Waals surface area (Å²) in [4.78, 5) is 5.28. The van der Waals surface area contributed by atoms with Crippen LogP contribution in [0.2, 0.25) is 0 Å². The summed E-state index contributed by atoms with van der Waals surface area (Å²) >= 11 is 1.62. The van der Waals surface area contributed by atoms with Gasteiger partial charge >= 0.3 is 0 Å². The maximum absolute atomic E-state index is 9.64. The normalized spacial score (nSPS) is 12.6. The van der Waals surface area contributed by atoms with E-state index in [9.17, 15) is 5.11 Å². The molecule has 1 heterocycles. The molecule has 0 radical (unpaired) electrons. The third-order valence-electron chi connectivity index (χ3n) is 2.32. The predicted octanol–water partition coefficient (Wildman–Crippen LogP) is 1.74. The zero-order valence-corrected chi connectivity index (χ0v) is 10.6. The number of nitrogens with two attached hydrogens (primary N) is 1. The van der Waals surface area contributed by atoms with E-state index in [1.54, 1.807) is 11.8 Å². The molecule has 96 valence electrons. The number of thioether (sulfide) groups is 1. The first kappa shape index (κ1) is 13.1. The lowest BCUT2D eigenvalue weighted by Gasteiger charge is -2.01. The highest BCUT2D eigenvalue weighted by Crippen LogP contribution is 2.22. The monoisotopic (exact) mass is 265 g/mol. The third-order valence-corrected chi connectivity index (χ3v) is 3.33. The van der Waals surface area contributed by atoms with E-state index < -0.39 is 6.10 Å². The second-order valence-corrected chi connectivity index (χ2v) is 4.79. The molecule has 0 aliphatic heterocycles. The van der Waals surface area contributed by atoms with Crippen LogP contribution in [0, 0.1) is 0 Å². The summed E-state index contributed by atoms with van der Waals surface area (Å²) < 4.78 is 4.99. The number of aliphatic hydroxyl groups is 1. The number of aliphatic hydroxyl groups excluding tert-OH is 1. The molecular weight excluding hydrogens is 250 g/mol. The van der Waals surface area contributed by atoms with E-state index in [2.05, 4.69) is 10.1 Å². The van der Waals surface area contributed by atoms with Crippen molar-refractivity contribution < 1.29 is 9.63 Å². The highest BCUT2D eigenvalue weighted by atomic mass is 32.2. The molecule has 5 nitrogen and oxygen atoms in total. The Morgan fingerprint density at radius 2 is 2.11 bits per heavy atom. The largest absolute Gasteiger partial charge is 0.383 e. The Bertz CT molecular complexity index is 475. The predicted molar refractivity (Wildman–Crippen MR) is 68.9 cm³/mol. The number of hydrogen-bond acceptors (Lipinski definition) is 6. The topological polar surface area (TPSA) is 85.2 Å². The highest BCUT2D eigenvalue weighted by molar-refractivity contribution is 7.98. The lowest BCUT2D eigenvalue weighted by molar-refractivity contribution is 0.127. The molecular formula is C12H15N3O2S. The molecule has 0 fully saturated rings. The summed E-state index contributed by atoms with van der Waals surface area (Å²) in [6.07, 6.45) is -0.342. The van der Waals surface area contributed by atoms with Crippen LogP contribution in [0.3, 0.4) is 0 Å². The van der Waals surface area contributed by atoms with E-state index in [1.807, 2.05) is 30.3 Å². The van der Waals surface area contributed by atoms with Gasteiger partial charge in [-0.25, -0.2) is 0 Å². The van der Waals surface area contributed by atoms with Crippen LogP contribution in [0.5, 0.6) is 0 Å². The Morgan fingerprint density at radius 1 is 1.33 bits per heavy atom. The smallest absolute Gasteiger partial charge is 0.255 e. The van der Waals surface area contributed by atoms with Crippen molar-refractivity contribution in [3.05, 3.63) is 42.0 Å². The van der Waals surface area contributed by atoms with Crippen molar-refractivity contribution in [2.24, 2.45) is 5.73 Å². The van der Waals surface area contributed by atoms with Gasteiger partial charge in [-0.05, 0) is 25.1 Å². The van der Waals surface area contributed by atoms with Crippen LogP contribution in [0.4, 0.5) is 0 Å². The van der Waals surface area contributed by atoms with Crippen molar-refractivity contribution in [2.45, 2.75) is 23.2 Å². The van der Waals surface area contributed by atoms with E-state index in [4.69, 9.17) is 10.3 Å². The number of rotatable bonds is 6. The minimum Gasteiger partial charge on any atom is -0.383 e. The molecule has 1 aromatic heterocycles. The average molecular weight is 265 g/mol. The van der Waals surface area contributed by atoms with Crippen LogP contribution in [-0.2, 0) is 5.75 Å². The number of hydrogen-bond donors (Lipinski definition) is 2. The Labute approximate surface area is 109 Å². The number of benzene rings is 1. The van der Waals surface area contributed by atoms with Gasteiger partial charge in [0.15, 0.2) is 5.82 Å². The molecule has 6 heteroatoms. The molecule has 0 amide bonds. The van der Waals surface area contributed by atoms with E-state index in [0.29, 0.717) is 24.5 Å². The van der Waals surface area contributed by atoms with Gasteiger partial charge in [0.1, 0.15) is 6.10 Å². The van der Waals surface area contributed by atoms with Crippen LogP contribution in [-0.4, -0.2) is 21.8 Å². The Balaban J connectivity index is 1.91. The lowest BCUT2D eigenvalue weighted by atomic mass is 10.2. The van der Waals surface area contributed by atoms with Gasteiger partial charge in [-0.3, -0.25) is 0 Å². The van der Waals surface area contributed by atoms with Crippen molar-refractivity contribution in [2.75, 3.05) is 6.54 Å². The summed E-state index contributed by atoms with van der Waals surface area (Å²) in [5, 5.41) is 13.5. The molecule has 0 spiro atoms. The molecule has 18 heavy (non-hydrogen) atoms. The Hall–Kier alpha value is -1.37. The molecule has 2 aromatic rings. The van der Waals surface area contributed by atoms with E-state index in [-0.39, 0.29) is 5.89 Å². The minimum atomic E-state index is -0.766. The van der Waals surface area contributed by atoms with Crippen LogP contribution in [0.25, 0.3) is 0 Å². The molecule has 0 aliphatic rings. The molecule has 0 saturated carbocycles. The summed E-state index contributed by atoms with van der Waals surface area (Å²) in [5.74, 6) is 1.43. The first-order valence-electron chi connectivity index (χ1n) is 5.68. The van der Waals surface area contributed by atoms with Gasteiger partial charge in [0.05, 0.1) is 5.75 Å². The van der Waals surface area contributed by atoms with E-state index >= 15 is 0 Å². The van der Waals surface area contributed by atoms with Crippen molar-refractivity contribution >= 4 is 11.8 Å². The molecule has 2 rings (SSSR count). The van der Waals surface area contributed by atoms with Gasteiger partial charge in [0.25, 0.3) is 5.89 Å². The van der Waals surface area contributed by atoms with Gasteiger partial charge in [-0.1, -0.05) is 23.4 Å². The lowest BCUT2D eigenvalue weighted by Crippen LogP contribution is -2.06. The van der Waals surface area contributed by atoms with Gasteiger partial charge in [0.2, 0.25) is 0 Å². The fourth-order valence-corrected chi connectivity index (χ4v) is 2.17.